The number of aliphatic hydroxyl groups is 8. The second-order valence-electron chi connectivity index (χ2n) is 15.4. The quantitative estimate of drug-likeness (QED) is 0.0419. The van der Waals surface area contributed by atoms with Crippen LogP contribution in [0, 0.1) is 0 Å². The van der Waals surface area contributed by atoms with E-state index in [2.05, 4.69) is 0 Å². The molecule has 3 fully saturated rings. The van der Waals surface area contributed by atoms with Crippen molar-refractivity contribution in [3.63, 3.8) is 0 Å². The van der Waals surface area contributed by atoms with Gasteiger partial charge in [0.15, 0.2) is 42.0 Å². The lowest BCUT2D eigenvalue weighted by molar-refractivity contribution is -0.361. The molecule has 3 aliphatic rings. The summed E-state index contributed by atoms with van der Waals surface area (Å²) in [6.45, 7) is -0.266. The van der Waals surface area contributed by atoms with Crippen LogP contribution in [0.2, 0.25) is 0 Å². The van der Waals surface area contributed by atoms with Gasteiger partial charge in [0, 0.05) is 23.8 Å². The first kappa shape index (κ1) is 47.3. The molecule has 23 heteroatoms. The van der Waals surface area contributed by atoms with Crippen molar-refractivity contribution in [1.29, 1.82) is 0 Å². The van der Waals surface area contributed by atoms with Crippen LogP contribution in [0.25, 0.3) is 28.4 Å². The maximum absolute atomic E-state index is 14.1. The van der Waals surface area contributed by atoms with Gasteiger partial charge in [-0.1, -0.05) is 12.1 Å². The van der Waals surface area contributed by atoms with E-state index in [9.17, 15) is 76.0 Å². The molecule has 0 radical (unpaired) electrons. The first-order valence-corrected chi connectivity index (χ1v) is 19.9. The molecule has 0 saturated carbocycles. The Morgan fingerprint density at radius 2 is 1.37 bits per heavy atom. The highest BCUT2D eigenvalue weighted by Gasteiger charge is 2.52. The average molecular weight is 919 g/mol. The lowest BCUT2D eigenvalue weighted by Gasteiger charge is -2.46. The van der Waals surface area contributed by atoms with E-state index in [-0.39, 0.29) is 16.9 Å². The standard InChI is InChI=1S/C42H46O23/c1-15-28(50)37(64-41-33(55)32(54)29(51)24(13-43)61-41)34(56)40(59-15)58-14-25-30(52)38(63-26(49)9-4-16-2-6-18(44)7-3-16)35(57)42(62-25)65-39-31(53)27-22(48)11-19(45)12-23(27)60-36(39)17-5-8-20(46)21(47)10-17/h2-12,15,24-25,28-30,32-35,37-38,40-48,50-52,54-57H,13-14H2,1H3/b9-4+/t15?,24?,25-,28?,29?,30?,32?,33?,34?,35?,37?,38?,40?,41?,42?/m0/s1. The van der Waals surface area contributed by atoms with E-state index in [4.69, 9.17) is 37.6 Å². The van der Waals surface area contributed by atoms with E-state index in [1.807, 2.05) is 0 Å². The number of aliphatic hydroxyl groups excluding tert-OH is 8. The second kappa shape index (κ2) is 19.4. The van der Waals surface area contributed by atoms with Gasteiger partial charge in [-0.15, -0.1) is 0 Å². The summed E-state index contributed by atoms with van der Waals surface area (Å²) in [5.41, 5.74) is -1.18. The Morgan fingerprint density at radius 3 is 2.06 bits per heavy atom. The number of esters is 1. The number of phenols is 5. The van der Waals surface area contributed by atoms with Gasteiger partial charge in [-0.25, -0.2) is 4.79 Å². The fourth-order valence-corrected chi connectivity index (χ4v) is 7.37. The lowest BCUT2D eigenvalue weighted by atomic mass is 9.97. The summed E-state index contributed by atoms with van der Waals surface area (Å²) in [6.07, 6.45) is -24.6. The molecular formula is C42H46O23. The summed E-state index contributed by atoms with van der Waals surface area (Å²) < 4.78 is 45.6. The number of ether oxygens (including phenoxy) is 7. The molecule has 65 heavy (non-hydrogen) atoms. The molecule has 13 N–H and O–H groups in total. The molecule has 3 aromatic carbocycles. The fraction of sp³-hybridized carbons (Fsp3) is 0.429. The molecular weight excluding hydrogens is 872 g/mol. The van der Waals surface area contributed by atoms with Crippen molar-refractivity contribution in [3.05, 3.63) is 76.5 Å². The van der Waals surface area contributed by atoms with Crippen molar-refractivity contribution in [2.24, 2.45) is 0 Å². The van der Waals surface area contributed by atoms with E-state index in [0.717, 1.165) is 30.3 Å². The number of hydrogen-bond donors (Lipinski definition) is 13. The molecule has 7 rings (SSSR count). The van der Waals surface area contributed by atoms with E-state index < -0.39 is 157 Å². The minimum Gasteiger partial charge on any atom is -0.508 e. The molecule has 1 aromatic heterocycles. The minimum absolute atomic E-state index is 0.0507. The molecule has 23 nitrogen and oxygen atoms in total. The average Bonchev–Trinajstić information content (AvgIpc) is 3.27. The molecule has 0 bridgehead atoms. The molecule has 14 unspecified atom stereocenters. The van der Waals surface area contributed by atoms with Gasteiger partial charge in [-0.2, -0.15) is 0 Å². The summed E-state index contributed by atoms with van der Waals surface area (Å²) in [6, 6.07) is 10.7. The summed E-state index contributed by atoms with van der Waals surface area (Å²) in [7, 11) is 0. The summed E-state index contributed by atoms with van der Waals surface area (Å²) in [5.74, 6) is -5.00. The van der Waals surface area contributed by atoms with E-state index >= 15 is 0 Å². The third-order valence-electron chi connectivity index (χ3n) is 10.9. The van der Waals surface area contributed by atoms with Crippen molar-refractivity contribution in [3.8, 4) is 45.8 Å². The molecule has 3 aliphatic heterocycles. The highest BCUT2D eigenvalue weighted by Crippen LogP contribution is 2.40. The number of fused-ring (bicyclic) bond motifs is 1. The summed E-state index contributed by atoms with van der Waals surface area (Å²) >= 11 is 0. The van der Waals surface area contributed by atoms with Crippen LogP contribution < -0.4 is 10.2 Å². The monoisotopic (exact) mass is 918 g/mol. The van der Waals surface area contributed by atoms with Gasteiger partial charge in [0.25, 0.3) is 0 Å². The number of aromatic hydroxyl groups is 5. The minimum atomic E-state index is -2.15. The molecule has 3 saturated heterocycles. The smallest absolute Gasteiger partial charge is 0.331 e. The fourth-order valence-electron chi connectivity index (χ4n) is 7.37. The molecule has 15 atom stereocenters. The number of carbonyl (C=O) groups excluding carboxylic acids is 1. The maximum atomic E-state index is 14.1. The first-order chi connectivity index (χ1) is 30.9. The summed E-state index contributed by atoms with van der Waals surface area (Å²) in [4.78, 5) is 27.3. The number of hydrogen-bond acceptors (Lipinski definition) is 23. The Kier molecular flexibility index (Phi) is 14.2. The Bertz CT molecular complexity index is 2400. The van der Waals surface area contributed by atoms with Crippen LogP contribution in [0.5, 0.6) is 34.5 Å². The third kappa shape index (κ3) is 9.83. The van der Waals surface area contributed by atoms with Gasteiger partial charge in [-0.05, 0) is 48.9 Å². The topological polar surface area (TPSA) is 375 Å². The van der Waals surface area contributed by atoms with Crippen LogP contribution >= 0.6 is 0 Å². The first-order valence-electron chi connectivity index (χ1n) is 19.9. The number of rotatable bonds is 12. The SMILES string of the molecule is CC1OC(OC[C@@H]2OC(Oc3c(-c4ccc(O)c(O)c4)oc4cc(O)cc(O)c4c3=O)C(O)C(OC(=O)/C=C/c3ccc(O)cc3)C2O)C(O)C(OC2OC(CO)C(O)C(O)C2O)C1O. The molecule has 0 aliphatic carbocycles. The highest BCUT2D eigenvalue weighted by molar-refractivity contribution is 5.89. The van der Waals surface area contributed by atoms with Gasteiger partial charge in [0.2, 0.25) is 17.5 Å². The van der Waals surface area contributed by atoms with Crippen molar-refractivity contribution in [2.45, 2.75) is 99.0 Å². The van der Waals surface area contributed by atoms with E-state index in [1.54, 1.807) is 0 Å². The predicted molar refractivity (Wildman–Crippen MR) is 214 cm³/mol. The largest absolute Gasteiger partial charge is 0.508 e. The van der Waals surface area contributed by atoms with Gasteiger partial charge >= 0.3 is 5.97 Å². The molecule has 4 heterocycles. The number of carbonyl (C=O) groups is 1. The maximum Gasteiger partial charge on any atom is 0.331 e. The van der Waals surface area contributed by atoms with Gasteiger partial charge in [0.05, 0.1) is 19.3 Å². The molecule has 0 spiro atoms. The second-order valence-corrected chi connectivity index (χ2v) is 15.4. The van der Waals surface area contributed by atoms with Crippen LogP contribution in [-0.2, 0) is 33.2 Å². The van der Waals surface area contributed by atoms with Crippen molar-refractivity contribution >= 4 is 23.0 Å². The van der Waals surface area contributed by atoms with Crippen LogP contribution in [0.1, 0.15) is 12.5 Å². The zero-order chi connectivity index (χ0) is 47.0. The third-order valence-corrected chi connectivity index (χ3v) is 10.9. The van der Waals surface area contributed by atoms with Gasteiger partial charge in [-0.3, -0.25) is 4.79 Å². The zero-order valence-electron chi connectivity index (χ0n) is 33.8. The Labute approximate surface area is 365 Å². The van der Waals surface area contributed by atoms with Crippen LogP contribution in [0.3, 0.4) is 0 Å². The van der Waals surface area contributed by atoms with Crippen LogP contribution in [0.4, 0.5) is 0 Å². The van der Waals surface area contributed by atoms with Gasteiger partial charge < -0.3 is 104 Å². The van der Waals surface area contributed by atoms with Crippen LogP contribution in [-0.4, -0.2) is 178 Å². The lowest BCUT2D eigenvalue weighted by Crippen LogP contribution is -2.64. The Hall–Kier alpha value is -5.64. The van der Waals surface area contributed by atoms with E-state index in [1.165, 1.54) is 43.3 Å². The molecule has 352 valence electrons. The van der Waals surface area contributed by atoms with E-state index in [0.29, 0.717) is 5.56 Å². The number of phenolic OH excluding ortho intramolecular Hbond substituents is 5. The molecule has 0 amide bonds. The Morgan fingerprint density at radius 1 is 0.677 bits per heavy atom. The normalized spacial score (nSPS) is 33.0. The number of benzene rings is 3. The summed E-state index contributed by atoms with van der Waals surface area (Å²) in [5, 5.41) is 136. The zero-order valence-corrected chi connectivity index (χ0v) is 33.8. The highest BCUT2D eigenvalue weighted by atomic mass is 16.7. The predicted octanol–water partition coefficient (Wildman–Crippen LogP) is -1.89. The molecule has 4 aromatic rings. The van der Waals surface area contributed by atoms with Crippen molar-refractivity contribution in [2.75, 3.05) is 13.2 Å². The van der Waals surface area contributed by atoms with Crippen LogP contribution in [0.15, 0.2) is 69.9 Å². The van der Waals surface area contributed by atoms with Crippen molar-refractivity contribution < 1.29 is 109 Å². The van der Waals surface area contributed by atoms with Gasteiger partial charge in [0.1, 0.15) is 83.2 Å². The van der Waals surface area contributed by atoms with Crippen molar-refractivity contribution in [1.82, 2.24) is 0 Å². The Balaban J connectivity index is 1.19.